The van der Waals surface area contributed by atoms with E-state index in [1.165, 1.54) is 0 Å². The molecule has 3 nitrogen and oxygen atoms in total. The SMILES string of the molecule is CC1CC(N)CCN1C(=O)Cc1ccc(Cl)cc1. The van der Waals surface area contributed by atoms with Gasteiger partial charge in [-0.1, -0.05) is 23.7 Å². The molecular formula is C14H19ClN2O. The average molecular weight is 267 g/mol. The lowest BCUT2D eigenvalue weighted by Gasteiger charge is -2.36. The van der Waals surface area contributed by atoms with Gasteiger partial charge >= 0.3 is 0 Å². The molecule has 1 heterocycles. The summed E-state index contributed by atoms with van der Waals surface area (Å²) in [5, 5.41) is 0.698. The molecule has 4 heteroatoms. The van der Waals surface area contributed by atoms with Crippen LogP contribution in [0.4, 0.5) is 0 Å². The van der Waals surface area contributed by atoms with E-state index < -0.39 is 0 Å². The summed E-state index contributed by atoms with van der Waals surface area (Å²) in [6.45, 7) is 2.84. The largest absolute Gasteiger partial charge is 0.340 e. The molecule has 0 aliphatic carbocycles. The molecule has 1 aromatic carbocycles. The third-order valence-electron chi connectivity index (χ3n) is 3.51. The molecule has 1 aliphatic heterocycles. The van der Waals surface area contributed by atoms with Crippen molar-refractivity contribution in [1.82, 2.24) is 4.90 Å². The highest BCUT2D eigenvalue weighted by molar-refractivity contribution is 6.30. The minimum atomic E-state index is 0.178. The molecule has 2 atom stereocenters. The van der Waals surface area contributed by atoms with Crippen molar-refractivity contribution in [2.45, 2.75) is 38.3 Å². The summed E-state index contributed by atoms with van der Waals surface area (Å²) in [6.07, 6.45) is 2.24. The number of hydrogen-bond donors (Lipinski definition) is 1. The zero-order valence-electron chi connectivity index (χ0n) is 10.6. The van der Waals surface area contributed by atoms with E-state index >= 15 is 0 Å². The Bertz CT molecular complexity index is 418. The van der Waals surface area contributed by atoms with Gasteiger partial charge in [-0.3, -0.25) is 4.79 Å². The van der Waals surface area contributed by atoms with E-state index in [9.17, 15) is 4.79 Å². The zero-order chi connectivity index (χ0) is 13.1. The Labute approximate surface area is 113 Å². The number of amides is 1. The van der Waals surface area contributed by atoms with Crippen LogP contribution in [0.1, 0.15) is 25.3 Å². The summed E-state index contributed by atoms with van der Waals surface area (Å²) in [6, 6.07) is 7.92. The Kier molecular flexibility index (Phi) is 4.25. The first-order valence-corrected chi connectivity index (χ1v) is 6.73. The first kappa shape index (κ1) is 13.4. The molecular weight excluding hydrogens is 248 g/mol. The molecule has 18 heavy (non-hydrogen) atoms. The molecule has 98 valence electrons. The first-order chi connectivity index (χ1) is 8.56. The molecule has 0 saturated carbocycles. The van der Waals surface area contributed by atoms with Crippen LogP contribution in [0.3, 0.4) is 0 Å². The lowest BCUT2D eigenvalue weighted by Crippen LogP contribution is -2.48. The molecule has 1 aromatic rings. The molecule has 2 rings (SSSR count). The maximum absolute atomic E-state index is 12.2. The van der Waals surface area contributed by atoms with Gasteiger partial charge in [0.05, 0.1) is 6.42 Å². The Balaban J connectivity index is 1.97. The van der Waals surface area contributed by atoms with Crippen molar-refractivity contribution in [3.63, 3.8) is 0 Å². The Hall–Kier alpha value is -1.06. The highest BCUT2D eigenvalue weighted by Gasteiger charge is 2.26. The number of hydrogen-bond acceptors (Lipinski definition) is 2. The van der Waals surface area contributed by atoms with Crippen LogP contribution in [0.15, 0.2) is 24.3 Å². The van der Waals surface area contributed by atoms with Gasteiger partial charge in [0.2, 0.25) is 5.91 Å². The fourth-order valence-corrected chi connectivity index (χ4v) is 2.58. The van der Waals surface area contributed by atoms with Crippen LogP contribution in [-0.4, -0.2) is 29.4 Å². The van der Waals surface area contributed by atoms with Gasteiger partial charge in [0.15, 0.2) is 0 Å². The second-order valence-corrected chi connectivity index (χ2v) is 5.46. The van der Waals surface area contributed by atoms with Gasteiger partial charge in [-0.25, -0.2) is 0 Å². The van der Waals surface area contributed by atoms with Crippen LogP contribution in [0.5, 0.6) is 0 Å². The third-order valence-corrected chi connectivity index (χ3v) is 3.76. The summed E-state index contributed by atoms with van der Waals surface area (Å²) < 4.78 is 0. The van der Waals surface area contributed by atoms with E-state index in [0.717, 1.165) is 24.9 Å². The van der Waals surface area contributed by atoms with Crippen molar-refractivity contribution in [1.29, 1.82) is 0 Å². The van der Waals surface area contributed by atoms with Crippen molar-refractivity contribution in [3.8, 4) is 0 Å². The number of nitrogens with two attached hydrogens (primary N) is 1. The highest BCUT2D eigenvalue weighted by Crippen LogP contribution is 2.18. The third kappa shape index (κ3) is 3.24. The summed E-state index contributed by atoms with van der Waals surface area (Å²) in [4.78, 5) is 14.2. The first-order valence-electron chi connectivity index (χ1n) is 6.36. The van der Waals surface area contributed by atoms with Crippen molar-refractivity contribution in [2.75, 3.05) is 6.54 Å². The number of rotatable bonds is 2. The quantitative estimate of drug-likeness (QED) is 0.892. The van der Waals surface area contributed by atoms with E-state index in [1.807, 2.05) is 29.2 Å². The van der Waals surface area contributed by atoms with Crippen molar-refractivity contribution >= 4 is 17.5 Å². The molecule has 1 aliphatic rings. The van der Waals surface area contributed by atoms with E-state index in [4.69, 9.17) is 17.3 Å². The fourth-order valence-electron chi connectivity index (χ4n) is 2.46. The van der Waals surface area contributed by atoms with Gasteiger partial charge in [0.1, 0.15) is 0 Å². The Morgan fingerprint density at radius 3 is 2.72 bits per heavy atom. The van der Waals surface area contributed by atoms with Gasteiger partial charge in [0.25, 0.3) is 0 Å². The minimum Gasteiger partial charge on any atom is -0.340 e. The van der Waals surface area contributed by atoms with E-state index in [2.05, 4.69) is 6.92 Å². The summed E-state index contributed by atoms with van der Waals surface area (Å²) in [5.74, 6) is 0.178. The van der Waals surface area contributed by atoms with E-state index in [-0.39, 0.29) is 18.0 Å². The molecule has 0 radical (unpaired) electrons. The lowest BCUT2D eigenvalue weighted by molar-refractivity contribution is -0.133. The number of carbonyl (C=O) groups excluding carboxylic acids is 1. The predicted molar refractivity (Wildman–Crippen MR) is 73.5 cm³/mol. The molecule has 1 saturated heterocycles. The van der Waals surface area contributed by atoms with Crippen molar-refractivity contribution in [3.05, 3.63) is 34.9 Å². The van der Waals surface area contributed by atoms with Crippen molar-refractivity contribution in [2.24, 2.45) is 5.73 Å². The number of nitrogens with zero attached hydrogens (tertiary/aromatic N) is 1. The number of likely N-dealkylation sites (tertiary alicyclic amines) is 1. The number of piperidine rings is 1. The molecule has 2 N–H and O–H groups in total. The smallest absolute Gasteiger partial charge is 0.227 e. The number of halogens is 1. The lowest BCUT2D eigenvalue weighted by atomic mass is 9.98. The van der Waals surface area contributed by atoms with Gasteiger partial charge in [-0.05, 0) is 37.5 Å². The van der Waals surface area contributed by atoms with Crippen LogP contribution in [0, 0.1) is 0 Å². The summed E-state index contributed by atoms with van der Waals surface area (Å²) in [5.41, 5.74) is 6.91. The summed E-state index contributed by atoms with van der Waals surface area (Å²) >= 11 is 5.83. The van der Waals surface area contributed by atoms with Gasteiger partial charge in [-0.15, -0.1) is 0 Å². The standard InChI is InChI=1S/C14H19ClN2O/c1-10-8-13(16)6-7-17(10)14(18)9-11-2-4-12(15)5-3-11/h2-5,10,13H,6-9,16H2,1H3. The highest BCUT2D eigenvalue weighted by atomic mass is 35.5. The molecule has 1 fully saturated rings. The molecule has 2 unspecified atom stereocenters. The Morgan fingerprint density at radius 1 is 1.44 bits per heavy atom. The van der Waals surface area contributed by atoms with Crippen LogP contribution in [0.2, 0.25) is 5.02 Å². The maximum atomic E-state index is 12.2. The molecule has 0 aromatic heterocycles. The second-order valence-electron chi connectivity index (χ2n) is 5.02. The van der Waals surface area contributed by atoms with Crippen LogP contribution in [-0.2, 0) is 11.2 Å². The average Bonchev–Trinajstić information content (AvgIpc) is 2.32. The predicted octanol–water partition coefficient (Wildman–Crippen LogP) is 2.22. The molecule has 1 amide bonds. The monoisotopic (exact) mass is 266 g/mol. The van der Waals surface area contributed by atoms with Crippen LogP contribution >= 0.6 is 11.6 Å². The molecule has 0 spiro atoms. The maximum Gasteiger partial charge on any atom is 0.227 e. The number of benzene rings is 1. The molecule has 0 bridgehead atoms. The van der Waals surface area contributed by atoms with Crippen LogP contribution in [0.25, 0.3) is 0 Å². The second kappa shape index (κ2) is 5.72. The minimum absolute atomic E-state index is 0.178. The zero-order valence-corrected chi connectivity index (χ0v) is 11.4. The van der Waals surface area contributed by atoms with E-state index in [0.29, 0.717) is 11.4 Å². The topological polar surface area (TPSA) is 46.3 Å². The van der Waals surface area contributed by atoms with Crippen LogP contribution < -0.4 is 5.73 Å². The number of carbonyl (C=O) groups is 1. The van der Waals surface area contributed by atoms with Gasteiger partial charge in [-0.2, -0.15) is 0 Å². The van der Waals surface area contributed by atoms with Gasteiger partial charge < -0.3 is 10.6 Å². The van der Waals surface area contributed by atoms with Crippen molar-refractivity contribution < 1.29 is 4.79 Å². The Morgan fingerprint density at radius 2 is 2.11 bits per heavy atom. The van der Waals surface area contributed by atoms with E-state index in [1.54, 1.807) is 0 Å². The fraction of sp³-hybridized carbons (Fsp3) is 0.500. The normalized spacial score (nSPS) is 24.1. The van der Waals surface area contributed by atoms with Gasteiger partial charge in [0, 0.05) is 23.7 Å². The summed E-state index contributed by atoms with van der Waals surface area (Å²) in [7, 11) is 0.